The molecule has 1 aromatic heterocycles. The predicted molar refractivity (Wildman–Crippen MR) is 48.8 cm³/mol. The van der Waals surface area contributed by atoms with Crippen molar-refractivity contribution in [3.63, 3.8) is 0 Å². The van der Waals surface area contributed by atoms with E-state index in [0.717, 1.165) is 15.8 Å². The highest BCUT2D eigenvalue weighted by atomic mass is 32.2. The van der Waals surface area contributed by atoms with Crippen molar-refractivity contribution >= 4 is 21.4 Å². The maximum Gasteiger partial charge on any atom is 0.275 e. The molecule has 5 nitrogen and oxygen atoms in total. The molecule has 0 aromatic carbocycles. The minimum absolute atomic E-state index is 0.189. The molecular formula is C6H10N2O3S2. The normalized spacial score (nSPS) is 12.3. The number of hydrogen-bond donors (Lipinski definition) is 0. The summed E-state index contributed by atoms with van der Waals surface area (Å²) in [6.07, 6.45) is 1.32. The zero-order valence-corrected chi connectivity index (χ0v) is 9.15. The Kier molecular flexibility index (Phi) is 3.01. The van der Waals surface area contributed by atoms with Gasteiger partial charge in [-0.3, -0.25) is 4.84 Å². The summed E-state index contributed by atoms with van der Waals surface area (Å²) in [5.74, 6) is 0. The Morgan fingerprint density at radius 2 is 2.23 bits per heavy atom. The molecule has 0 radical (unpaired) electrons. The van der Waals surface area contributed by atoms with Crippen LogP contribution in [0.3, 0.4) is 0 Å². The SMILES string of the molecule is CON(C)S(=O)(=O)c1cnc(C)s1. The van der Waals surface area contributed by atoms with Gasteiger partial charge in [0.2, 0.25) is 0 Å². The summed E-state index contributed by atoms with van der Waals surface area (Å²) in [5, 5.41) is 0.711. The molecule has 13 heavy (non-hydrogen) atoms. The van der Waals surface area contributed by atoms with Crippen molar-refractivity contribution in [2.45, 2.75) is 11.1 Å². The number of rotatable bonds is 3. The van der Waals surface area contributed by atoms with Gasteiger partial charge in [-0.15, -0.1) is 11.3 Å². The largest absolute Gasteiger partial charge is 0.288 e. The first kappa shape index (κ1) is 10.6. The average molecular weight is 222 g/mol. The van der Waals surface area contributed by atoms with Gasteiger partial charge in [0.15, 0.2) is 4.21 Å². The van der Waals surface area contributed by atoms with Gasteiger partial charge in [0.25, 0.3) is 10.0 Å². The van der Waals surface area contributed by atoms with Crippen LogP contribution in [0.5, 0.6) is 0 Å². The summed E-state index contributed by atoms with van der Waals surface area (Å²) in [6, 6.07) is 0. The van der Waals surface area contributed by atoms with Gasteiger partial charge in [0, 0.05) is 7.05 Å². The molecule has 0 atom stereocenters. The highest BCUT2D eigenvalue weighted by Gasteiger charge is 2.22. The summed E-state index contributed by atoms with van der Waals surface area (Å²) < 4.78 is 24.1. The van der Waals surface area contributed by atoms with Crippen molar-refractivity contribution < 1.29 is 13.3 Å². The number of sulfonamides is 1. The lowest BCUT2D eigenvalue weighted by Crippen LogP contribution is -2.24. The Morgan fingerprint density at radius 3 is 2.62 bits per heavy atom. The zero-order valence-electron chi connectivity index (χ0n) is 7.51. The van der Waals surface area contributed by atoms with Gasteiger partial charge in [0.05, 0.1) is 18.3 Å². The Bertz CT molecular complexity index is 384. The number of hydrogen-bond acceptors (Lipinski definition) is 5. The van der Waals surface area contributed by atoms with Crippen LogP contribution in [0.4, 0.5) is 0 Å². The molecule has 1 aromatic rings. The summed E-state index contributed by atoms with van der Waals surface area (Å²) in [6.45, 7) is 1.75. The van der Waals surface area contributed by atoms with E-state index in [9.17, 15) is 8.42 Å². The number of nitrogens with zero attached hydrogens (tertiary/aromatic N) is 2. The quantitative estimate of drug-likeness (QED) is 0.704. The van der Waals surface area contributed by atoms with Gasteiger partial charge in [-0.05, 0) is 6.92 Å². The fourth-order valence-electron chi connectivity index (χ4n) is 0.686. The lowest BCUT2D eigenvalue weighted by Gasteiger charge is -2.11. The molecule has 0 saturated carbocycles. The molecule has 0 unspecified atom stereocenters. The maximum atomic E-state index is 11.5. The molecule has 1 heterocycles. The van der Waals surface area contributed by atoms with E-state index in [1.165, 1.54) is 20.4 Å². The van der Waals surface area contributed by atoms with Crippen LogP contribution in [-0.4, -0.2) is 32.0 Å². The highest BCUT2D eigenvalue weighted by Crippen LogP contribution is 2.20. The maximum absolute atomic E-state index is 11.5. The second-order valence-corrected chi connectivity index (χ2v) is 5.69. The molecule has 0 aliphatic rings. The fraction of sp³-hybridized carbons (Fsp3) is 0.500. The van der Waals surface area contributed by atoms with Crippen molar-refractivity contribution in [2.24, 2.45) is 0 Å². The minimum atomic E-state index is -3.50. The molecule has 0 aliphatic heterocycles. The first-order chi connectivity index (χ1) is 5.98. The molecule has 0 N–H and O–H groups in total. The molecule has 0 spiro atoms. The van der Waals surface area contributed by atoms with Crippen LogP contribution in [0.25, 0.3) is 0 Å². The summed E-state index contributed by atoms with van der Waals surface area (Å²) in [4.78, 5) is 8.46. The first-order valence-corrected chi connectivity index (χ1v) is 5.69. The molecule has 0 fully saturated rings. The summed E-state index contributed by atoms with van der Waals surface area (Å²) in [7, 11) is -0.866. The summed E-state index contributed by atoms with van der Waals surface area (Å²) >= 11 is 1.12. The van der Waals surface area contributed by atoms with E-state index in [1.807, 2.05) is 0 Å². The Labute approximate surface area is 81.0 Å². The smallest absolute Gasteiger partial charge is 0.275 e. The highest BCUT2D eigenvalue weighted by molar-refractivity contribution is 7.91. The molecule has 1 rings (SSSR count). The van der Waals surface area contributed by atoms with Crippen molar-refractivity contribution in [1.82, 2.24) is 9.45 Å². The van der Waals surface area contributed by atoms with Gasteiger partial charge in [0.1, 0.15) is 0 Å². The topological polar surface area (TPSA) is 59.5 Å². The monoisotopic (exact) mass is 222 g/mol. The van der Waals surface area contributed by atoms with Crippen LogP contribution in [0.15, 0.2) is 10.4 Å². The van der Waals surface area contributed by atoms with Crippen LogP contribution < -0.4 is 0 Å². The van der Waals surface area contributed by atoms with Crippen molar-refractivity contribution in [3.8, 4) is 0 Å². The van der Waals surface area contributed by atoms with Crippen LogP contribution in [0, 0.1) is 6.92 Å². The number of thiazole rings is 1. The van der Waals surface area contributed by atoms with Crippen LogP contribution in [0.1, 0.15) is 5.01 Å². The second-order valence-electron chi connectivity index (χ2n) is 2.30. The van der Waals surface area contributed by atoms with Crippen molar-refractivity contribution in [3.05, 3.63) is 11.2 Å². The minimum Gasteiger partial charge on any atom is -0.288 e. The third kappa shape index (κ3) is 2.05. The molecule has 0 aliphatic carbocycles. The molecule has 0 saturated heterocycles. The predicted octanol–water partition coefficient (Wildman–Crippen LogP) is 0.633. The number of aryl methyl sites for hydroxylation is 1. The van der Waals surface area contributed by atoms with E-state index in [0.29, 0.717) is 5.01 Å². The van der Waals surface area contributed by atoms with E-state index < -0.39 is 10.0 Å². The molecule has 0 amide bonds. The number of hydroxylamine groups is 1. The first-order valence-electron chi connectivity index (χ1n) is 3.44. The van der Waals surface area contributed by atoms with E-state index in [1.54, 1.807) is 6.92 Å². The van der Waals surface area contributed by atoms with E-state index >= 15 is 0 Å². The molecule has 0 bridgehead atoms. The zero-order chi connectivity index (χ0) is 10.1. The number of aromatic nitrogens is 1. The van der Waals surface area contributed by atoms with Gasteiger partial charge < -0.3 is 0 Å². The van der Waals surface area contributed by atoms with E-state index in [2.05, 4.69) is 9.82 Å². The van der Waals surface area contributed by atoms with Crippen LogP contribution >= 0.6 is 11.3 Å². The third-order valence-electron chi connectivity index (χ3n) is 1.45. The second kappa shape index (κ2) is 3.70. The average Bonchev–Trinajstić information content (AvgIpc) is 2.50. The Hall–Kier alpha value is -0.500. The standard InChI is InChI=1S/C6H10N2O3S2/c1-5-7-4-6(12-5)13(9,10)8(2)11-3/h4H,1-3H3. The van der Waals surface area contributed by atoms with Gasteiger partial charge in [-0.2, -0.15) is 0 Å². The van der Waals surface area contributed by atoms with Crippen molar-refractivity contribution in [2.75, 3.05) is 14.2 Å². The Morgan fingerprint density at radius 1 is 1.62 bits per heavy atom. The molecule has 7 heteroatoms. The van der Waals surface area contributed by atoms with Gasteiger partial charge >= 0.3 is 0 Å². The van der Waals surface area contributed by atoms with Crippen molar-refractivity contribution in [1.29, 1.82) is 0 Å². The molecule has 74 valence electrons. The van der Waals surface area contributed by atoms with Crippen LogP contribution in [-0.2, 0) is 14.9 Å². The van der Waals surface area contributed by atoms with Gasteiger partial charge in [-0.1, -0.05) is 4.47 Å². The fourth-order valence-corrected chi connectivity index (χ4v) is 2.92. The molecular weight excluding hydrogens is 212 g/mol. The lowest BCUT2D eigenvalue weighted by atomic mass is 10.8. The van der Waals surface area contributed by atoms with E-state index in [-0.39, 0.29) is 4.21 Å². The lowest BCUT2D eigenvalue weighted by molar-refractivity contribution is -0.0256. The third-order valence-corrected chi connectivity index (χ3v) is 4.48. The summed E-state index contributed by atoms with van der Waals surface area (Å²) in [5.41, 5.74) is 0. The van der Waals surface area contributed by atoms with Crippen LogP contribution in [0.2, 0.25) is 0 Å². The van der Waals surface area contributed by atoms with Gasteiger partial charge in [-0.25, -0.2) is 13.4 Å². The van der Waals surface area contributed by atoms with E-state index in [4.69, 9.17) is 0 Å². The Balaban J connectivity index is 3.08.